The predicted molar refractivity (Wildman–Crippen MR) is 58.5 cm³/mol. The van der Waals surface area contributed by atoms with Crippen LogP contribution in [0.2, 0.25) is 0 Å². The van der Waals surface area contributed by atoms with Gasteiger partial charge >= 0.3 is 6.09 Å². The minimum Gasteiger partial charge on any atom is -0.447 e. The third-order valence-corrected chi connectivity index (χ3v) is 2.29. The normalized spacial score (nSPS) is 15.4. The predicted octanol–water partition coefficient (Wildman–Crippen LogP) is 1.82. The van der Waals surface area contributed by atoms with Crippen LogP contribution in [0.4, 0.5) is 9.18 Å². The highest BCUT2D eigenvalue weighted by atomic mass is 19.1. The monoisotopic (exact) mass is 235 g/mol. The Morgan fingerprint density at radius 1 is 1.47 bits per heavy atom. The number of ether oxygens (including phenoxy) is 1. The maximum absolute atomic E-state index is 12.9. The first kappa shape index (κ1) is 11.3. The van der Waals surface area contributed by atoms with Crippen LogP contribution in [0.1, 0.15) is 5.56 Å². The van der Waals surface area contributed by atoms with Gasteiger partial charge < -0.3 is 4.74 Å². The topological polar surface area (TPSA) is 46.6 Å². The molecule has 17 heavy (non-hydrogen) atoms. The highest BCUT2D eigenvalue weighted by molar-refractivity contribution is 6.01. The van der Waals surface area contributed by atoms with Crippen LogP contribution < -0.4 is 0 Å². The molecule has 0 aliphatic carbocycles. The van der Waals surface area contributed by atoms with Crippen molar-refractivity contribution in [2.45, 2.75) is 0 Å². The molecule has 1 aliphatic rings. The summed E-state index contributed by atoms with van der Waals surface area (Å²) >= 11 is 0. The number of nitrogens with zero attached hydrogens (tertiary/aromatic N) is 1. The first-order chi connectivity index (χ1) is 8.16. The zero-order chi connectivity index (χ0) is 12.3. The number of hydrogen-bond donors (Lipinski definition) is 0. The summed E-state index contributed by atoms with van der Waals surface area (Å²) in [5, 5.41) is 0. The van der Waals surface area contributed by atoms with E-state index in [1.807, 2.05) is 0 Å². The molecule has 0 unspecified atom stereocenters. The Labute approximate surface area is 97.3 Å². The maximum Gasteiger partial charge on any atom is 0.416 e. The van der Waals surface area contributed by atoms with E-state index >= 15 is 0 Å². The molecule has 0 saturated carbocycles. The van der Waals surface area contributed by atoms with E-state index in [1.165, 1.54) is 24.3 Å². The molecule has 1 aliphatic heterocycles. The summed E-state index contributed by atoms with van der Waals surface area (Å²) in [6.45, 7) is 0.476. The highest BCUT2D eigenvalue weighted by Gasteiger charge is 2.26. The fourth-order valence-electron chi connectivity index (χ4n) is 1.46. The number of cyclic esters (lactones) is 1. The van der Waals surface area contributed by atoms with Crippen LogP contribution in [0.5, 0.6) is 0 Å². The quantitative estimate of drug-likeness (QED) is 0.734. The third kappa shape index (κ3) is 2.69. The van der Waals surface area contributed by atoms with Crippen molar-refractivity contribution in [2.24, 2.45) is 0 Å². The van der Waals surface area contributed by atoms with Crippen LogP contribution >= 0.6 is 0 Å². The van der Waals surface area contributed by atoms with Crippen molar-refractivity contribution in [3.05, 3.63) is 41.7 Å². The Balaban J connectivity index is 2.05. The smallest absolute Gasteiger partial charge is 0.416 e. The minimum absolute atomic E-state index is 0.221. The van der Waals surface area contributed by atoms with Crippen LogP contribution in [-0.4, -0.2) is 30.1 Å². The largest absolute Gasteiger partial charge is 0.447 e. The van der Waals surface area contributed by atoms with Crippen molar-refractivity contribution < 1.29 is 18.7 Å². The number of benzene rings is 1. The van der Waals surface area contributed by atoms with E-state index in [4.69, 9.17) is 0 Å². The Bertz CT molecular complexity index is 484. The second-order valence-corrected chi connectivity index (χ2v) is 3.49. The van der Waals surface area contributed by atoms with Gasteiger partial charge in [-0.15, -0.1) is 0 Å². The molecule has 1 aromatic rings. The lowest BCUT2D eigenvalue weighted by Crippen LogP contribution is -2.29. The van der Waals surface area contributed by atoms with Gasteiger partial charge in [0.25, 0.3) is 5.91 Å². The van der Waals surface area contributed by atoms with E-state index in [1.54, 1.807) is 12.1 Å². The lowest BCUT2D eigenvalue weighted by Gasteiger charge is -2.06. The Kier molecular flexibility index (Phi) is 3.18. The number of hydrogen-bond acceptors (Lipinski definition) is 3. The van der Waals surface area contributed by atoms with Gasteiger partial charge in [0.15, 0.2) is 0 Å². The molecule has 0 aromatic heterocycles. The molecule has 1 aromatic carbocycles. The van der Waals surface area contributed by atoms with Gasteiger partial charge in [-0.2, -0.15) is 0 Å². The molecule has 5 heteroatoms. The maximum atomic E-state index is 12.9. The molecule has 1 heterocycles. The van der Waals surface area contributed by atoms with Gasteiger partial charge in [-0.1, -0.05) is 12.1 Å². The van der Waals surface area contributed by atoms with Crippen molar-refractivity contribution in [1.29, 1.82) is 0 Å². The number of rotatable bonds is 2. The van der Waals surface area contributed by atoms with Crippen molar-refractivity contribution in [1.82, 2.24) is 4.90 Å². The average Bonchev–Trinajstić information content (AvgIpc) is 2.72. The van der Waals surface area contributed by atoms with Crippen LogP contribution in [0.15, 0.2) is 30.3 Å². The van der Waals surface area contributed by atoms with Gasteiger partial charge in [-0.05, 0) is 23.8 Å². The standard InChI is InChI=1S/C12H10FNO3/c13-10-3-1-2-9(8-10)4-5-11(15)14-6-7-17-12(14)16/h1-5,8H,6-7H2/b5-4+. The van der Waals surface area contributed by atoms with Crippen LogP contribution in [0, 0.1) is 5.82 Å². The molecule has 0 N–H and O–H groups in total. The van der Waals surface area contributed by atoms with E-state index in [9.17, 15) is 14.0 Å². The highest BCUT2D eigenvalue weighted by Crippen LogP contribution is 2.08. The molecular formula is C12H10FNO3. The van der Waals surface area contributed by atoms with E-state index in [0.717, 1.165) is 4.90 Å². The number of carbonyl (C=O) groups is 2. The summed E-state index contributed by atoms with van der Waals surface area (Å²) in [4.78, 5) is 23.6. The molecule has 0 radical (unpaired) electrons. The number of amides is 2. The molecule has 1 saturated heterocycles. The Morgan fingerprint density at radius 2 is 2.29 bits per heavy atom. The molecule has 0 atom stereocenters. The average molecular weight is 235 g/mol. The number of carbonyl (C=O) groups excluding carboxylic acids is 2. The van der Waals surface area contributed by atoms with Gasteiger partial charge in [0.1, 0.15) is 12.4 Å². The first-order valence-corrected chi connectivity index (χ1v) is 5.09. The summed E-state index contributed by atoms with van der Waals surface area (Å²) in [7, 11) is 0. The zero-order valence-electron chi connectivity index (χ0n) is 8.93. The van der Waals surface area contributed by atoms with Crippen LogP contribution in [-0.2, 0) is 9.53 Å². The van der Waals surface area contributed by atoms with E-state index in [-0.39, 0.29) is 19.0 Å². The van der Waals surface area contributed by atoms with Crippen molar-refractivity contribution in [3.63, 3.8) is 0 Å². The number of imide groups is 1. The van der Waals surface area contributed by atoms with Gasteiger partial charge in [-0.3, -0.25) is 4.79 Å². The molecule has 2 amide bonds. The zero-order valence-corrected chi connectivity index (χ0v) is 8.93. The van der Waals surface area contributed by atoms with Gasteiger partial charge in [0.05, 0.1) is 6.54 Å². The van der Waals surface area contributed by atoms with E-state index in [0.29, 0.717) is 5.56 Å². The van der Waals surface area contributed by atoms with E-state index < -0.39 is 12.0 Å². The summed E-state index contributed by atoms with van der Waals surface area (Å²) < 4.78 is 17.5. The third-order valence-electron chi connectivity index (χ3n) is 2.29. The molecular weight excluding hydrogens is 225 g/mol. The first-order valence-electron chi connectivity index (χ1n) is 5.09. The molecule has 0 bridgehead atoms. The molecule has 4 nitrogen and oxygen atoms in total. The van der Waals surface area contributed by atoms with Gasteiger partial charge in [0.2, 0.25) is 0 Å². The molecule has 88 valence electrons. The lowest BCUT2D eigenvalue weighted by molar-refractivity contribution is -0.122. The Morgan fingerprint density at radius 3 is 2.94 bits per heavy atom. The second-order valence-electron chi connectivity index (χ2n) is 3.49. The molecule has 2 rings (SSSR count). The van der Waals surface area contributed by atoms with Gasteiger partial charge in [-0.25, -0.2) is 14.1 Å². The fourth-order valence-corrected chi connectivity index (χ4v) is 1.46. The summed E-state index contributed by atoms with van der Waals surface area (Å²) in [5.41, 5.74) is 0.561. The van der Waals surface area contributed by atoms with Crippen LogP contribution in [0.3, 0.4) is 0 Å². The minimum atomic E-state index is -0.640. The fraction of sp³-hybridized carbons (Fsp3) is 0.167. The van der Waals surface area contributed by atoms with Crippen molar-refractivity contribution in [3.8, 4) is 0 Å². The van der Waals surface area contributed by atoms with E-state index in [2.05, 4.69) is 4.74 Å². The Hall–Kier alpha value is -2.17. The molecule has 1 fully saturated rings. The van der Waals surface area contributed by atoms with Crippen molar-refractivity contribution >= 4 is 18.1 Å². The molecule has 0 spiro atoms. The summed E-state index contributed by atoms with van der Waals surface area (Å²) in [5.74, 6) is -0.836. The van der Waals surface area contributed by atoms with Crippen molar-refractivity contribution in [2.75, 3.05) is 13.2 Å². The lowest BCUT2D eigenvalue weighted by atomic mass is 10.2. The SMILES string of the molecule is O=C(/C=C/c1cccc(F)c1)N1CCOC1=O. The summed E-state index contributed by atoms with van der Waals surface area (Å²) in [6, 6.07) is 5.82. The summed E-state index contributed by atoms with van der Waals surface area (Å²) in [6.07, 6.45) is 2.04. The number of halogens is 1. The van der Waals surface area contributed by atoms with Crippen LogP contribution in [0.25, 0.3) is 6.08 Å². The van der Waals surface area contributed by atoms with Gasteiger partial charge in [0, 0.05) is 6.08 Å². The second kappa shape index (κ2) is 4.78.